The van der Waals surface area contributed by atoms with Crippen LogP contribution in [-0.4, -0.2) is 30.6 Å². The molecule has 19 heavy (non-hydrogen) atoms. The van der Waals surface area contributed by atoms with Gasteiger partial charge in [0, 0.05) is 6.20 Å². The fourth-order valence-electron chi connectivity index (χ4n) is 1.96. The third-order valence-corrected chi connectivity index (χ3v) is 2.87. The molecule has 6 nitrogen and oxygen atoms in total. The third-order valence-electron chi connectivity index (χ3n) is 2.87. The Bertz CT molecular complexity index is 751. The molecule has 0 amide bonds. The van der Waals surface area contributed by atoms with E-state index in [9.17, 15) is 4.79 Å². The molecule has 94 valence electrons. The first kappa shape index (κ1) is 11.3. The number of para-hydroxylation sites is 2. The molecule has 0 saturated heterocycles. The van der Waals surface area contributed by atoms with Crippen LogP contribution in [0.2, 0.25) is 0 Å². The minimum atomic E-state index is -1.03. The Hall–Kier alpha value is -2.76. The van der Waals surface area contributed by atoms with Gasteiger partial charge in [0.15, 0.2) is 0 Å². The zero-order valence-electron chi connectivity index (χ0n) is 9.89. The summed E-state index contributed by atoms with van der Waals surface area (Å²) in [7, 11) is 0. The fourth-order valence-corrected chi connectivity index (χ4v) is 1.96. The number of rotatable bonds is 3. The summed E-state index contributed by atoms with van der Waals surface area (Å²) in [5.41, 5.74) is 2.39. The Labute approximate surface area is 108 Å². The summed E-state index contributed by atoms with van der Waals surface area (Å²) in [4.78, 5) is 23.2. The van der Waals surface area contributed by atoms with Gasteiger partial charge in [0.25, 0.3) is 0 Å². The zero-order chi connectivity index (χ0) is 13.2. The molecule has 2 heterocycles. The number of fused-ring (bicyclic) bond motifs is 1. The molecule has 3 rings (SSSR count). The second-order valence-electron chi connectivity index (χ2n) is 4.05. The van der Waals surface area contributed by atoms with Crippen LogP contribution in [0.25, 0.3) is 11.0 Å². The Kier molecular flexibility index (Phi) is 2.68. The molecule has 6 heteroatoms. The lowest BCUT2D eigenvalue weighted by Crippen LogP contribution is -2.09. The molecule has 1 N–H and O–H groups in total. The summed E-state index contributed by atoms with van der Waals surface area (Å²) in [5.74, 6) is -1.03. The average molecular weight is 254 g/mol. The topological polar surface area (TPSA) is 80.9 Å². The lowest BCUT2D eigenvalue weighted by molar-refractivity contribution is 0.0694. The highest BCUT2D eigenvalue weighted by molar-refractivity contribution is 5.88. The SMILES string of the molecule is O=C(O)c1cncnc1Cn1cnc2ccccc21. The predicted octanol–water partition coefficient (Wildman–Crippen LogP) is 1.57. The van der Waals surface area contributed by atoms with Crippen molar-refractivity contribution in [3.8, 4) is 0 Å². The fraction of sp³-hybridized carbons (Fsp3) is 0.0769. The van der Waals surface area contributed by atoms with Crippen molar-refractivity contribution >= 4 is 17.0 Å². The molecule has 0 spiro atoms. The van der Waals surface area contributed by atoms with E-state index in [1.54, 1.807) is 6.33 Å². The maximum absolute atomic E-state index is 11.1. The first-order valence-electron chi connectivity index (χ1n) is 5.68. The van der Waals surface area contributed by atoms with Gasteiger partial charge in [-0.05, 0) is 12.1 Å². The van der Waals surface area contributed by atoms with Crippen LogP contribution in [0, 0.1) is 0 Å². The molecule has 2 aromatic heterocycles. The second-order valence-corrected chi connectivity index (χ2v) is 4.05. The molecule has 0 saturated carbocycles. The van der Waals surface area contributed by atoms with Crippen LogP contribution >= 0.6 is 0 Å². The van der Waals surface area contributed by atoms with Gasteiger partial charge in [-0.3, -0.25) is 0 Å². The van der Waals surface area contributed by atoms with Crippen molar-refractivity contribution in [3.63, 3.8) is 0 Å². The molecule has 0 unspecified atom stereocenters. The minimum Gasteiger partial charge on any atom is -0.478 e. The lowest BCUT2D eigenvalue weighted by atomic mass is 10.2. The van der Waals surface area contributed by atoms with Crippen molar-refractivity contribution < 1.29 is 9.90 Å². The van der Waals surface area contributed by atoms with Crippen LogP contribution in [0.1, 0.15) is 16.1 Å². The Morgan fingerprint density at radius 1 is 1.26 bits per heavy atom. The van der Waals surface area contributed by atoms with Crippen molar-refractivity contribution in [1.82, 2.24) is 19.5 Å². The number of aromatic nitrogens is 4. The van der Waals surface area contributed by atoms with Gasteiger partial charge in [-0.2, -0.15) is 0 Å². The van der Waals surface area contributed by atoms with E-state index in [1.165, 1.54) is 12.5 Å². The van der Waals surface area contributed by atoms with E-state index in [0.717, 1.165) is 11.0 Å². The number of nitrogens with zero attached hydrogens (tertiary/aromatic N) is 4. The molecular weight excluding hydrogens is 244 g/mol. The summed E-state index contributed by atoms with van der Waals surface area (Å²) in [6, 6.07) is 7.67. The quantitative estimate of drug-likeness (QED) is 0.767. The van der Waals surface area contributed by atoms with Crippen LogP contribution in [0.5, 0.6) is 0 Å². The first-order chi connectivity index (χ1) is 9.25. The Balaban J connectivity index is 2.04. The largest absolute Gasteiger partial charge is 0.478 e. The third kappa shape index (κ3) is 2.03. The van der Waals surface area contributed by atoms with Crippen LogP contribution in [-0.2, 0) is 6.54 Å². The van der Waals surface area contributed by atoms with E-state index >= 15 is 0 Å². The molecule has 0 atom stereocenters. The molecule has 0 radical (unpaired) electrons. The molecule has 1 aromatic carbocycles. The first-order valence-corrected chi connectivity index (χ1v) is 5.68. The number of carbonyl (C=O) groups is 1. The van der Waals surface area contributed by atoms with Gasteiger partial charge in [0.2, 0.25) is 0 Å². The molecule has 0 fully saturated rings. The van der Waals surface area contributed by atoms with Crippen LogP contribution in [0.15, 0.2) is 43.1 Å². The number of carboxylic acids is 1. The van der Waals surface area contributed by atoms with E-state index in [4.69, 9.17) is 5.11 Å². The molecule has 0 aliphatic heterocycles. The zero-order valence-corrected chi connectivity index (χ0v) is 9.89. The summed E-state index contributed by atoms with van der Waals surface area (Å²) in [6.45, 7) is 0.352. The second kappa shape index (κ2) is 4.49. The lowest BCUT2D eigenvalue weighted by Gasteiger charge is -2.06. The standard InChI is InChI=1S/C13H10N4O2/c18-13(19)9-5-14-7-15-11(9)6-17-8-16-10-3-1-2-4-12(10)17/h1-5,7-8H,6H2,(H,18,19). The highest BCUT2D eigenvalue weighted by Gasteiger charge is 2.12. The smallest absolute Gasteiger partial charge is 0.339 e. The van der Waals surface area contributed by atoms with Crippen molar-refractivity contribution in [2.75, 3.05) is 0 Å². The van der Waals surface area contributed by atoms with E-state index in [1.807, 2.05) is 28.8 Å². The number of hydrogen-bond acceptors (Lipinski definition) is 4. The molecule has 3 aromatic rings. The number of benzene rings is 1. The van der Waals surface area contributed by atoms with Crippen LogP contribution < -0.4 is 0 Å². The molecule has 0 aliphatic rings. The van der Waals surface area contributed by atoms with Gasteiger partial charge in [-0.1, -0.05) is 12.1 Å². The van der Waals surface area contributed by atoms with Gasteiger partial charge in [-0.25, -0.2) is 19.7 Å². The van der Waals surface area contributed by atoms with E-state index < -0.39 is 5.97 Å². The summed E-state index contributed by atoms with van der Waals surface area (Å²) in [5, 5.41) is 9.10. The average Bonchev–Trinajstić information content (AvgIpc) is 2.83. The maximum atomic E-state index is 11.1. The predicted molar refractivity (Wildman–Crippen MR) is 67.8 cm³/mol. The number of aromatic carboxylic acids is 1. The van der Waals surface area contributed by atoms with Crippen LogP contribution in [0.4, 0.5) is 0 Å². The van der Waals surface area contributed by atoms with Crippen LogP contribution in [0.3, 0.4) is 0 Å². The van der Waals surface area contributed by atoms with Gasteiger partial charge < -0.3 is 9.67 Å². The van der Waals surface area contributed by atoms with Crippen molar-refractivity contribution in [3.05, 3.63) is 54.4 Å². The minimum absolute atomic E-state index is 0.111. The van der Waals surface area contributed by atoms with Gasteiger partial charge in [0.1, 0.15) is 11.9 Å². The van der Waals surface area contributed by atoms with Gasteiger partial charge in [0.05, 0.1) is 29.6 Å². The maximum Gasteiger partial charge on any atom is 0.339 e. The Morgan fingerprint density at radius 3 is 2.95 bits per heavy atom. The van der Waals surface area contributed by atoms with Crippen molar-refractivity contribution in [1.29, 1.82) is 0 Å². The molecule has 0 bridgehead atoms. The van der Waals surface area contributed by atoms with E-state index in [2.05, 4.69) is 15.0 Å². The summed E-state index contributed by atoms with van der Waals surface area (Å²) >= 11 is 0. The summed E-state index contributed by atoms with van der Waals surface area (Å²) < 4.78 is 1.87. The Morgan fingerprint density at radius 2 is 2.11 bits per heavy atom. The van der Waals surface area contributed by atoms with E-state index in [-0.39, 0.29) is 5.56 Å². The highest BCUT2D eigenvalue weighted by atomic mass is 16.4. The monoisotopic (exact) mass is 254 g/mol. The normalized spacial score (nSPS) is 10.7. The molecule has 0 aliphatic carbocycles. The van der Waals surface area contributed by atoms with Gasteiger partial charge >= 0.3 is 5.97 Å². The van der Waals surface area contributed by atoms with Crippen molar-refractivity contribution in [2.45, 2.75) is 6.54 Å². The number of hydrogen-bond donors (Lipinski definition) is 1. The molecular formula is C13H10N4O2. The number of imidazole rings is 1. The van der Waals surface area contributed by atoms with E-state index in [0.29, 0.717) is 12.2 Å². The highest BCUT2D eigenvalue weighted by Crippen LogP contribution is 2.14. The van der Waals surface area contributed by atoms with Crippen molar-refractivity contribution in [2.24, 2.45) is 0 Å². The summed E-state index contributed by atoms with van der Waals surface area (Å²) in [6.07, 6.45) is 4.34. The van der Waals surface area contributed by atoms with Gasteiger partial charge in [-0.15, -0.1) is 0 Å². The number of carboxylic acid groups (broad SMARTS) is 1.